The smallest absolute Gasteiger partial charge is 0.145 e. The first-order valence-corrected chi connectivity index (χ1v) is 7.98. The molecule has 1 aliphatic heterocycles. The first-order valence-electron chi connectivity index (χ1n) is 7.98. The fourth-order valence-corrected chi connectivity index (χ4v) is 3.07. The Bertz CT molecular complexity index is 1000. The number of rotatable bonds is 3. The lowest BCUT2D eigenvalue weighted by Gasteiger charge is -2.18. The van der Waals surface area contributed by atoms with Crippen LogP contribution in [-0.2, 0) is 6.54 Å². The number of hydrogen-bond acceptors (Lipinski definition) is 3. The van der Waals surface area contributed by atoms with E-state index < -0.39 is 0 Å². The highest BCUT2D eigenvalue weighted by Gasteiger charge is 2.30. The molecule has 0 aliphatic carbocycles. The number of nitrogens with one attached hydrogen (secondary N) is 2. The van der Waals surface area contributed by atoms with Crippen molar-refractivity contribution < 1.29 is 9.50 Å². The van der Waals surface area contributed by atoms with Gasteiger partial charge >= 0.3 is 0 Å². The standard InChI is InChI=1S/C19H17FN4O/c1-11-2-7-14-15(8-11)23-19(22-14)17-16(25)10-24(18(17)21)9-12-3-5-13(20)6-4-12/h2-8,21,25H,9-10H2,1H3,(H,22,23). The van der Waals surface area contributed by atoms with Gasteiger partial charge in [0.05, 0.1) is 23.2 Å². The highest BCUT2D eigenvalue weighted by atomic mass is 19.1. The zero-order valence-electron chi connectivity index (χ0n) is 13.7. The molecule has 126 valence electrons. The molecule has 2 heterocycles. The number of halogens is 1. The summed E-state index contributed by atoms with van der Waals surface area (Å²) in [5.74, 6) is 0.518. The second kappa shape index (κ2) is 5.73. The average Bonchev–Trinajstić information content (AvgIpc) is 3.10. The Hall–Kier alpha value is -3.15. The number of nitrogens with zero attached hydrogens (tertiary/aromatic N) is 2. The van der Waals surface area contributed by atoms with E-state index in [9.17, 15) is 9.50 Å². The van der Waals surface area contributed by atoms with E-state index in [1.54, 1.807) is 17.0 Å². The normalized spacial score (nSPS) is 14.8. The number of aryl methyl sites for hydroxylation is 1. The van der Waals surface area contributed by atoms with Crippen LogP contribution in [0.4, 0.5) is 4.39 Å². The summed E-state index contributed by atoms with van der Waals surface area (Å²) in [5, 5.41) is 18.8. The third kappa shape index (κ3) is 2.76. The van der Waals surface area contributed by atoms with Crippen LogP contribution >= 0.6 is 0 Å². The number of aromatic nitrogens is 2. The molecule has 3 aromatic rings. The summed E-state index contributed by atoms with van der Waals surface area (Å²) >= 11 is 0. The van der Waals surface area contributed by atoms with Gasteiger partial charge in [-0.15, -0.1) is 0 Å². The molecule has 4 rings (SSSR count). The average molecular weight is 336 g/mol. The lowest BCUT2D eigenvalue weighted by molar-refractivity contribution is 0.347. The van der Waals surface area contributed by atoms with Crippen LogP contribution in [0.25, 0.3) is 16.6 Å². The van der Waals surface area contributed by atoms with E-state index in [-0.39, 0.29) is 24.0 Å². The Morgan fingerprint density at radius 2 is 2.00 bits per heavy atom. The van der Waals surface area contributed by atoms with Crippen LogP contribution in [0.3, 0.4) is 0 Å². The van der Waals surface area contributed by atoms with Crippen LogP contribution in [-0.4, -0.2) is 32.4 Å². The maximum absolute atomic E-state index is 13.0. The molecule has 0 saturated heterocycles. The zero-order valence-corrected chi connectivity index (χ0v) is 13.7. The Morgan fingerprint density at radius 3 is 2.76 bits per heavy atom. The topological polar surface area (TPSA) is 76.0 Å². The number of aliphatic hydroxyl groups is 1. The minimum Gasteiger partial charge on any atom is -0.510 e. The highest BCUT2D eigenvalue weighted by molar-refractivity contribution is 6.23. The molecule has 0 unspecified atom stereocenters. The van der Waals surface area contributed by atoms with E-state index in [0.29, 0.717) is 17.9 Å². The van der Waals surface area contributed by atoms with Gasteiger partial charge in [0.25, 0.3) is 0 Å². The number of imidazole rings is 1. The zero-order chi connectivity index (χ0) is 17.6. The minimum atomic E-state index is -0.292. The summed E-state index contributed by atoms with van der Waals surface area (Å²) in [6, 6.07) is 12.0. The van der Waals surface area contributed by atoms with Crippen molar-refractivity contribution in [3.8, 4) is 0 Å². The molecular weight excluding hydrogens is 319 g/mol. The number of aliphatic hydroxyl groups excluding tert-OH is 1. The van der Waals surface area contributed by atoms with Gasteiger partial charge in [0.2, 0.25) is 0 Å². The summed E-state index contributed by atoms with van der Waals surface area (Å²) in [6.45, 7) is 2.66. The number of fused-ring (bicyclic) bond motifs is 1. The van der Waals surface area contributed by atoms with Crippen molar-refractivity contribution in [1.29, 1.82) is 5.41 Å². The Balaban J connectivity index is 1.62. The van der Waals surface area contributed by atoms with Gasteiger partial charge in [0.1, 0.15) is 23.2 Å². The quantitative estimate of drug-likeness (QED) is 0.681. The lowest BCUT2D eigenvalue weighted by Crippen LogP contribution is -2.26. The summed E-state index contributed by atoms with van der Waals surface area (Å²) in [4.78, 5) is 9.42. The SMILES string of the molecule is Cc1ccc2nc(C3=C(O)CN(Cc4ccc(F)cc4)C3=N)[nH]c2c1. The molecule has 0 atom stereocenters. The van der Waals surface area contributed by atoms with Crippen LogP contribution in [0.5, 0.6) is 0 Å². The van der Waals surface area contributed by atoms with Gasteiger partial charge in [-0.3, -0.25) is 5.41 Å². The van der Waals surface area contributed by atoms with E-state index in [1.807, 2.05) is 25.1 Å². The van der Waals surface area contributed by atoms with E-state index in [0.717, 1.165) is 22.2 Å². The molecule has 1 aromatic heterocycles. The molecular formula is C19H17FN4O. The van der Waals surface area contributed by atoms with Gasteiger partial charge in [0.15, 0.2) is 0 Å². The fourth-order valence-electron chi connectivity index (χ4n) is 3.07. The van der Waals surface area contributed by atoms with E-state index in [1.165, 1.54) is 12.1 Å². The van der Waals surface area contributed by atoms with Crippen LogP contribution in [0.2, 0.25) is 0 Å². The fraction of sp³-hybridized carbons (Fsp3) is 0.158. The molecule has 6 heteroatoms. The van der Waals surface area contributed by atoms with Crippen molar-refractivity contribution in [1.82, 2.24) is 14.9 Å². The first-order chi connectivity index (χ1) is 12.0. The van der Waals surface area contributed by atoms with Crippen molar-refractivity contribution in [3.63, 3.8) is 0 Å². The van der Waals surface area contributed by atoms with Crippen molar-refractivity contribution in [2.24, 2.45) is 0 Å². The summed E-state index contributed by atoms with van der Waals surface area (Å²) in [7, 11) is 0. The van der Waals surface area contributed by atoms with Gasteiger partial charge in [-0.2, -0.15) is 0 Å². The maximum atomic E-state index is 13.0. The van der Waals surface area contributed by atoms with Crippen molar-refractivity contribution >= 4 is 22.4 Å². The first kappa shape index (κ1) is 15.4. The Kier molecular flexibility index (Phi) is 3.53. The maximum Gasteiger partial charge on any atom is 0.145 e. The third-order valence-electron chi connectivity index (χ3n) is 4.34. The molecule has 2 aromatic carbocycles. The van der Waals surface area contributed by atoms with Gasteiger partial charge in [-0.05, 0) is 42.3 Å². The predicted octanol–water partition coefficient (Wildman–Crippen LogP) is 3.77. The van der Waals surface area contributed by atoms with Gasteiger partial charge in [-0.1, -0.05) is 18.2 Å². The molecule has 0 radical (unpaired) electrons. The molecule has 1 aliphatic rings. The number of benzene rings is 2. The number of amidine groups is 1. The molecule has 25 heavy (non-hydrogen) atoms. The van der Waals surface area contributed by atoms with Crippen molar-refractivity contribution in [3.05, 3.63) is 71.0 Å². The third-order valence-corrected chi connectivity index (χ3v) is 4.34. The molecule has 5 nitrogen and oxygen atoms in total. The second-order valence-corrected chi connectivity index (χ2v) is 6.26. The molecule has 0 fully saturated rings. The van der Waals surface area contributed by atoms with Gasteiger partial charge in [-0.25, -0.2) is 9.37 Å². The number of H-pyrrole nitrogens is 1. The van der Waals surface area contributed by atoms with Crippen LogP contribution in [0.15, 0.2) is 48.2 Å². The van der Waals surface area contributed by atoms with Crippen molar-refractivity contribution in [2.75, 3.05) is 6.54 Å². The molecule has 0 spiro atoms. The van der Waals surface area contributed by atoms with Gasteiger partial charge < -0.3 is 15.0 Å². The number of aromatic amines is 1. The predicted molar refractivity (Wildman–Crippen MR) is 94.9 cm³/mol. The van der Waals surface area contributed by atoms with E-state index >= 15 is 0 Å². The van der Waals surface area contributed by atoms with Crippen LogP contribution < -0.4 is 0 Å². The van der Waals surface area contributed by atoms with Crippen molar-refractivity contribution in [2.45, 2.75) is 13.5 Å². The molecule has 0 amide bonds. The Labute approximate surface area is 143 Å². The largest absolute Gasteiger partial charge is 0.510 e. The lowest BCUT2D eigenvalue weighted by atomic mass is 10.2. The summed E-state index contributed by atoms with van der Waals surface area (Å²) < 4.78 is 13.0. The van der Waals surface area contributed by atoms with Crippen LogP contribution in [0, 0.1) is 18.2 Å². The van der Waals surface area contributed by atoms with E-state index in [2.05, 4.69) is 9.97 Å². The molecule has 0 saturated carbocycles. The Morgan fingerprint density at radius 1 is 1.24 bits per heavy atom. The van der Waals surface area contributed by atoms with E-state index in [4.69, 9.17) is 5.41 Å². The molecule has 3 N–H and O–H groups in total. The second-order valence-electron chi connectivity index (χ2n) is 6.26. The molecule has 0 bridgehead atoms. The van der Waals surface area contributed by atoms with Crippen LogP contribution in [0.1, 0.15) is 17.0 Å². The summed E-state index contributed by atoms with van der Waals surface area (Å²) in [6.07, 6.45) is 0. The minimum absolute atomic E-state index is 0.114. The van der Waals surface area contributed by atoms with Gasteiger partial charge in [0, 0.05) is 6.54 Å². The monoisotopic (exact) mass is 336 g/mol. The highest BCUT2D eigenvalue weighted by Crippen LogP contribution is 2.28. The summed E-state index contributed by atoms with van der Waals surface area (Å²) in [5.41, 5.74) is 4.07. The number of hydrogen-bond donors (Lipinski definition) is 3.